The molecule has 0 atom stereocenters. The number of alkyl halides is 3. The molecule has 0 bridgehead atoms. The largest absolute Gasteiger partial charge is 0.417 e. The molecule has 2 aromatic carbocycles. The van der Waals surface area contributed by atoms with Crippen LogP contribution in [0.1, 0.15) is 27.0 Å². The Labute approximate surface area is 169 Å². The van der Waals surface area contributed by atoms with Crippen LogP contribution in [0.2, 0.25) is 5.02 Å². The first-order valence-corrected chi connectivity index (χ1v) is 8.96. The van der Waals surface area contributed by atoms with Crippen LogP contribution in [0.5, 0.6) is 0 Å². The van der Waals surface area contributed by atoms with Crippen LogP contribution in [-0.2, 0) is 12.7 Å². The SMILES string of the molecule is Cc1c(Cl)cccc1NC(=O)c1ccc(Cn2cc(C(F)(F)F)ccc2=O)cc1. The Hall–Kier alpha value is -3.06. The highest BCUT2D eigenvalue weighted by atomic mass is 35.5. The van der Waals surface area contributed by atoms with Crippen LogP contribution >= 0.6 is 11.6 Å². The number of hydrogen-bond acceptors (Lipinski definition) is 2. The summed E-state index contributed by atoms with van der Waals surface area (Å²) < 4.78 is 39.5. The summed E-state index contributed by atoms with van der Waals surface area (Å²) in [6.07, 6.45) is -3.75. The monoisotopic (exact) mass is 420 g/mol. The average Bonchev–Trinajstić information content (AvgIpc) is 2.67. The zero-order valence-corrected chi connectivity index (χ0v) is 16.0. The van der Waals surface area contributed by atoms with E-state index in [1.54, 1.807) is 49.4 Å². The van der Waals surface area contributed by atoms with Gasteiger partial charge in [-0.25, -0.2) is 0 Å². The van der Waals surface area contributed by atoms with E-state index >= 15 is 0 Å². The van der Waals surface area contributed by atoms with Gasteiger partial charge in [-0.1, -0.05) is 29.8 Å². The van der Waals surface area contributed by atoms with Crippen LogP contribution in [0.3, 0.4) is 0 Å². The van der Waals surface area contributed by atoms with Gasteiger partial charge in [-0.2, -0.15) is 13.2 Å². The highest BCUT2D eigenvalue weighted by Crippen LogP contribution is 2.28. The number of pyridine rings is 1. The normalized spacial score (nSPS) is 11.3. The van der Waals surface area contributed by atoms with Crippen molar-refractivity contribution in [2.24, 2.45) is 0 Å². The molecule has 1 N–H and O–H groups in total. The number of amides is 1. The fourth-order valence-electron chi connectivity index (χ4n) is 2.72. The van der Waals surface area contributed by atoms with E-state index in [-0.39, 0.29) is 12.5 Å². The summed E-state index contributed by atoms with van der Waals surface area (Å²) >= 11 is 6.04. The lowest BCUT2D eigenvalue weighted by atomic mass is 10.1. The summed E-state index contributed by atoms with van der Waals surface area (Å²) in [6, 6.07) is 13.1. The Morgan fingerprint density at radius 3 is 2.41 bits per heavy atom. The fraction of sp³-hybridized carbons (Fsp3) is 0.143. The number of halogens is 4. The minimum atomic E-state index is -4.53. The molecule has 1 heterocycles. The molecule has 8 heteroatoms. The van der Waals surface area contributed by atoms with Crippen LogP contribution in [0, 0.1) is 6.92 Å². The third kappa shape index (κ3) is 4.86. The molecule has 4 nitrogen and oxygen atoms in total. The van der Waals surface area contributed by atoms with Crippen LogP contribution in [0.4, 0.5) is 18.9 Å². The number of aromatic nitrogens is 1. The molecule has 0 saturated heterocycles. The number of anilines is 1. The molecule has 0 aliphatic heterocycles. The van der Waals surface area contributed by atoms with Crippen molar-refractivity contribution in [3.63, 3.8) is 0 Å². The van der Waals surface area contributed by atoms with Gasteiger partial charge in [0.1, 0.15) is 0 Å². The Balaban J connectivity index is 1.76. The predicted molar refractivity (Wildman–Crippen MR) is 105 cm³/mol. The second-order valence-electron chi connectivity index (χ2n) is 6.45. The van der Waals surface area contributed by atoms with Gasteiger partial charge in [-0.3, -0.25) is 9.59 Å². The molecular formula is C21H16ClF3N2O2. The summed E-state index contributed by atoms with van der Waals surface area (Å²) in [5.41, 5.74) is 0.831. The minimum Gasteiger partial charge on any atom is -0.322 e. The number of benzene rings is 2. The highest BCUT2D eigenvalue weighted by Gasteiger charge is 2.31. The highest BCUT2D eigenvalue weighted by molar-refractivity contribution is 6.31. The molecule has 0 radical (unpaired) electrons. The number of carbonyl (C=O) groups is 1. The number of carbonyl (C=O) groups excluding carboxylic acids is 1. The fourth-order valence-corrected chi connectivity index (χ4v) is 2.89. The average molecular weight is 421 g/mol. The quantitative estimate of drug-likeness (QED) is 0.636. The maximum atomic E-state index is 12.8. The van der Waals surface area contributed by atoms with E-state index in [9.17, 15) is 22.8 Å². The number of rotatable bonds is 4. The van der Waals surface area contributed by atoms with E-state index in [0.717, 1.165) is 28.5 Å². The third-order valence-electron chi connectivity index (χ3n) is 4.40. The van der Waals surface area contributed by atoms with Crippen molar-refractivity contribution in [2.75, 3.05) is 5.32 Å². The summed E-state index contributed by atoms with van der Waals surface area (Å²) in [4.78, 5) is 24.3. The number of nitrogens with zero attached hydrogens (tertiary/aromatic N) is 1. The van der Waals surface area contributed by atoms with E-state index in [0.29, 0.717) is 21.8 Å². The molecule has 0 aliphatic rings. The number of nitrogens with one attached hydrogen (secondary N) is 1. The van der Waals surface area contributed by atoms with Gasteiger partial charge in [0, 0.05) is 28.5 Å². The molecular weight excluding hydrogens is 405 g/mol. The lowest BCUT2D eigenvalue weighted by Gasteiger charge is -2.12. The van der Waals surface area contributed by atoms with Crippen molar-refractivity contribution in [3.05, 3.63) is 98.4 Å². The van der Waals surface area contributed by atoms with Crippen molar-refractivity contribution in [2.45, 2.75) is 19.6 Å². The Kier molecular flexibility index (Phi) is 5.79. The molecule has 3 aromatic rings. The first-order chi connectivity index (χ1) is 13.6. The Morgan fingerprint density at radius 2 is 1.76 bits per heavy atom. The number of hydrogen-bond donors (Lipinski definition) is 1. The van der Waals surface area contributed by atoms with Crippen molar-refractivity contribution in [1.82, 2.24) is 4.57 Å². The van der Waals surface area contributed by atoms with Gasteiger partial charge in [0.25, 0.3) is 11.5 Å². The Morgan fingerprint density at radius 1 is 1.07 bits per heavy atom. The minimum absolute atomic E-state index is 0.0436. The van der Waals surface area contributed by atoms with Gasteiger partial charge in [-0.15, -0.1) is 0 Å². The van der Waals surface area contributed by atoms with Gasteiger partial charge >= 0.3 is 6.18 Å². The second kappa shape index (κ2) is 8.13. The topological polar surface area (TPSA) is 51.1 Å². The van der Waals surface area contributed by atoms with Crippen LogP contribution in [0.15, 0.2) is 65.6 Å². The summed E-state index contributed by atoms with van der Waals surface area (Å²) in [6.45, 7) is 1.74. The summed E-state index contributed by atoms with van der Waals surface area (Å²) in [5.74, 6) is -0.349. The van der Waals surface area contributed by atoms with E-state index in [1.807, 2.05) is 0 Å². The molecule has 0 aliphatic carbocycles. The second-order valence-corrected chi connectivity index (χ2v) is 6.85. The molecule has 1 aromatic heterocycles. The molecule has 29 heavy (non-hydrogen) atoms. The van der Waals surface area contributed by atoms with Gasteiger partial charge in [0.15, 0.2) is 0 Å². The molecule has 0 unspecified atom stereocenters. The molecule has 1 amide bonds. The maximum Gasteiger partial charge on any atom is 0.417 e. The van der Waals surface area contributed by atoms with Crippen LogP contribution in [0.25, 0.3) is 0 Å². The zero-order chi connectivity index (χ0) is 21.2. The van der Waals surface area contributed by atoms with Crippen molar-refractivity contribution >= 4 is 23.2 Å². The van der Waals surface area contributed by atoms with Gasteiger partial charge in [-0.05, 0) is 48.4 Å². The Bertz CT molecular complexity index is 1110. The van der Waals surface area contributed by atoms with Crippen molar-refractivity contribution in [1.29, 1.82) is 0 Å². The van der Waals surface area contributed by atoms with Crippen molar-refractivity contribution < 1.29 is 18.0 Å². The van der Waals surface area contributed by atoms with Crippen LogP contribution < -0.4 is 10.9 Å². The lowest BCUT2D eigenvalue weighted by molar-refractivity contribution is -0.138. The molecule has 0 spiro atoms. The van der Waals surface area contributed by atoms with E-state index in [4.69, 9.17) is 11.6 Å². The molecule has 0 fully saturated rings. The summed E-state index contributed by atoms with van der Waals surface area (Å²) in [5, 5.41) is 3.30. The molecule has 150 valence electrons. The smallest absolute Gasteiger partial charge is 0.322 e. The first kappa shape index (κ1) is 20.7. The zero-order valence-electron chi connectivity index (χ0n) is 15.3. The van der Waals surface area contributed by atoms with Crippen molar-refractivity contribution in [3.8, 4) is 0 Å². The maximum absolute atomic E-state index is 12.8. The van der Waals surface area contributed by atoms with Crippen LogP contribution in [-0.4, -0.2) is 10.5 Å². The molecule has 3 rings (SSSR count). The third-order valence-corrected chi connectivity index (χ3v) is 4.81. The van der Waals surface area contributed by atoms with Gasteiger partial charge in [0.2, 0.25) is 0 Å². The van der Waals surface area contributed by atoms with Gasteiger partial charge < -0.3 is 9.88 Å². The predicted octanol–water partition coefficient (Wildman–Crippen LogP) is 5.13. The molecule has 0 saturated carbocycles. The lowest BCUT2D eigenvalue weighted by Crippen LogP contribution is -2.22. The van der Waals surface area contributed by atoms with Gasteiger partial charge in [0.05, 0.1) is 12.1 Å². The van der Waals surface area contributed by atoms with E-state index in [1.165, 1.54) is 0 Å². The summed E-state index contributed by atoms with van der Waals surface area (Å²) in [7, 11) is 0. The first-order valence-electron chi connectivity index (χ1n) is 8.58. The van der Waals surface area contributed by atoms with E-state index < -0.39 is 17.3 Å². The standard InChI is InChI=1S/C21H16ClF3N2O2/c1-13-17(22)3-2-4-18(13)26-20(29)15-7-5-14(6-8-15)11-27-12-16(21(23,24)25)9-10-19(27)28/h2-10,12H,11H2,1H3,(H,26,29). The van der Waals surface area contributed by atoms with E-state index in [2.05, 4.69) is 5.32 Å².